The Labute approximate surface area is 171 Å². The maximum absolute atomic E-state index is 14.6. The Morgan fingerprint density at radius 3 is 2.34 bits per heavy atom. The number of imide groups is 1. The van der Waals surface area contributed by atoms with Gasteiger partial charge in [-0.25, -0.2) is 8.78 Å². The van der Waals surface area contributed by atoms with Crippen molar-refractivity contribution in [2.45, 2.75) is 43.7 Å². The van der Waals surface area contributed by atoms with Crippen LogP contribution < -0.4 is 15.5 Å². The number of hydrogen-bond acceptors (Lipinski definition) is 6. The van der Waals surface area contributed by atoms with Gasteiger partial charge < -0.3 is 20.4 Å². The Hall–Kier alpha value is -2.46. The third kappa shape index (κ3) is 5.33. The zero-order valence-corrected chi connectivity index (χ0v) is 16.2. The second-order valence-electron chi connectivity index (χ2n) is 7.22. The minimum atomic E-state index is -1.39. The summed E-state index contributed by atoms with van der Waals surface area (Å²) in [4.78, 5) is 35.2. The van der Waals surface area contributed by atoms with Crippen molar-refractivity contribution in [1.29, 1.82) is 0 Å². The lowest BCUT2D eigenvalue weighted by Crippen LogP contribution is -2.47. The van der Waals surface area contributed by atoms with Gasteiger partial charge >= 0.3 is 5.97 Å². The molecule has 0 bridgehead atoms. The Bertz CT molecular complexity index is 792. The third-order valence-corrected chi connectivity index (χ3v) is 5.09. The average molecular weight is 434 g/mol. The molecule has 1 aromatic carbocycles. The molecule has 4 N–H and O–H groups in total. The number of aliphatic hydroxyl groups is 1. The van der Waals surface area contributed by atoms with E-state index in [4.69, 9.17) is 5.11 Å². The van der Waals surface area contributed by atoms with Crippen molar-refractivity contribution in [3.8, 4) is 0 Å². The van der Waals surface area contributed by atoms with Gasteiger partial charge in [0.25, 0.3) is 0 Å². The molecule has 3 rings (SSSR count). The maximum Gasteiger partial charge on any atom is 0.306 e. The minimum absolute atomic E-state index is 0. The number of carboxylic acid groups (broad SMARTS) is 1. The molecule has 2 aliphatic rings. The van der Waals surface area contributed by atoms with E-state index in [9.17, 15) is 28.3 Å². The molecule has 0 saturated carbocycles. The largest absolute Gasteiger partial charge is 0.481 e. The van der Waals surface area contributed by atoms with Crippen LogP contribution >= 0.6 is 12.4 Å². The fourth-order valence-electron chi connectivity index (χ4n) is 3.59. The number of carbonyl (C=O) groups is 3. The number of benzene rings is 1. The van der Waals surface area contributed by atoms with Crippen LogP contribution in [-0.4, -0.2) is 52.7 Å². The van der Waals surface area contributed by atoms with Crippen LogP contribution in [-0.2, 0) is 14.4 Å². The highest BCUT2D eigenvalue weighted by Gasteiger charge is 2.36. The molecule has 2 saturated heterocycles. The summed E-state index contributed by atoms with van der Waals surface area (Å²) in [5.74, 6) is -3.73. The van der Waals surface area contributed by atoms with E-state index < -0.39 is 41.6 Å². The molecule has 2 aliphatic heterocycles. The van der Waals surface area contributed by atoms with Crippen molar-refractivity contribution in [1.82, 2.24) is 5.32 Å². The number of halogens is 3. The van der Waals surface area contributed by atoms with Crippen LogP contribution in [0.4, 0.5) is 20.2 Å². The highest BCUT2D eigenvalue weighted by Crippen LogP contribution is 2.33. The first-order chi connectivity index (χ1) is 13.2. The number of piperidine rings is 2. The number of anilines is 2. The Morgan fingerprint density at radius 2 is 1.83 bits per heavy atom. The fourth-order valence-corrected chi connectivity index (χ4v) is 3.59. The first kappa shape index (κ1) is 22.8. The minimum Gasteiger partial charge on any atom is -0.481 e. The Kier molecular flexibility index (Phi) is 7.02. The molecule has 1 aromatic rings. The zero-order chi connectivity index (χ0) is 20.5. The monoisotopic (exact) mass is 433 g/mol. The molecule has 11 heteroatoms. The highest BCUT2D eigenvalue weighted by atomic mass is 35.5. The van der Waals surface area contributed by atoms with Crippen LogP contribution in [0.2, 0.25) is 0 Å². The molecule has 29 heavy (non-hydrogen) atoms. The van der Waals surface area contributed by atoms with E-state index in [-0.39, 0.29) is 68.5 Å². The summed E-state index contributed by atoms with van der Waals surface area (Å²) in [5.41, 5.74) is -1.57. The molecule has 0 aliphatic carbocycles. The van der Waals surface area contributed by atoms with E-state index in [2.05, 4.69) is 10.6 Å². The third-order valence-electron chi connectivity index (χ3n) is 5.09. The van der Waals surface area contributed by atoms with Gasteiger partial charge in [0.05, 0.1) is 12.0 Å². The molecule has 0 unspecified atom stereocenters. The molecule has 8 nitrogen and oxygen atoms in total. The van der Waals surface area contributed by atoms with E-state index in [1.165, 1.54) is 4.90 Å². The number of hydrogen-bond donors (Lipinski definition) is 4. The summed E-state index contributed by atoms with van der Waals surface area (Å²) in [6.07, 6.45) is 0.104. The summed E-state index contributed by atoms with van der Waals surface area (Å²) in [7, 11) is 0. The second-order valence-corrected chi connectivity index (χ2v) is 7.22. The molecule has 0 spiro atoms. The predicted octanol–water partition coefficient (Wildman–Crippen LogP) is 1.41. The molecule has 2 amide bonds. The van der Waals surface area contributed by atoms with Gasteiger partial charge in [0.1, 0.15) is 11.7 Å². The van der Waals surface area contributed by atoms with E-state index in [0.29, 0.717) is 0 Å². The van der Waals surface area contributed by atoms with Crippen LogP contribution in [0.3, 0.4) is 0 Å². The van der Waals surface area contributed by atoms with Crippen LogP contribution in [0.1, 0.15) is 32.1 Å². The van der Waals surface area contributed by atoms with Crippen molar-refractivity contribution in [2.75, 3.05) is 23.3 Å². The molecule has 160 valence electrons. The van der Waals surface area contributed by atoms with Gasteiger partial charge in [0.2, 0.25) is 11.8 Å². The van der Waals surface area contributed by atoms with Gasteiger partial charge in [0, 0.05) is 25.2 Å². The number of nitrogens with zero attached hydrogens (tertiary/aromatic N) is 1. The van der Waals surface area contributed by atoms with Crippen LogP contribution in [0.25, 0.3) is 0 Å². The molecular weight excluding hydrogens is 412 g/mol. The number of carboxylic acids is 1. The van der Waals surface area contributed by atoms with E-state index in [1.807, 2.05) is 0 Å². The van der Waals surface area contributed by atoms with E-state index in [0.717, 1.165) is 12.1 Å². The summed E-state index contributed by atoms with van der Waals surface area (Å²) in [5, 5.41) is 24.0. The zero-order valence-electron chi connectivity index (χ0n) is 15.4. The summed E-state index contributed by atoms with van der Waals surface area (Å²) < 4.78 is 29.2. The average Bonchev–Trinajstić information content (AvgIpc) is 2.58. The van der Waals surface area contributed by atoms with Crippen molar-refractivity contribution in [2.24, 2.45) is 0 Å². The lowest BCUT2D eigenvalue weighted by Gasteiger charge is -2.38. The van der Waals surface area contributed by atoms with Gasteiger partial charge in [0.15, 0.2) is 11.6 Å². The standard InChI is InChI=1S/C18H21F2N3O5.ClH/c19-11-7-10(21-13-1-2-14(24)22-17(13)27)8-12(20)16(11)23-5-3-18(28,4-6-23)9-15(25)26;/h7-8,13,21,28H,1-6,9H2,(H,25,26)(H,22,24,27);1H/t13-;/m0./s1. The number of amides is 2. The number of aliphatic carboxylic acids is 1. The SMILES string of the molecule is Cl.O=C(O)CC1(O)CCN(c2c(F)cc(N[C@H]3CCC(=O)NC3=O)cc2F)CC1. The predicted molar refractivity (Wildman–Crippen MR) is 102 cm³/mol. The first-order valence-electron chi connectivity index (χ1n) is 8.95. The lowest BCUT2D eigenvalue weighted by molar-refractivity contribution is -0.143. The smallest absolute Gasteiger partial charge is 0.306 e. The normalized spacial score (nSPS) is 21.2. The van der Waals surface area contributed by atoms with Crippen LogP contribution in [0.15, 0.2) is 12.1 Å². The molecular formula is C18H22ClF2N3O5. The molecule has 0 radical (unpaired) electrons. The Morgan fingerprint density at radius 1 is 1.24 bits per heavy atom. The first-order valence-corrected chi connectivity index (χ1v) is 8.95. The van der Waals surface area contributed by atoms with Gasteiger partial charge in [-0.3, -0.25) is 19.7 Å². The van der Waals surface area contributed by atoms with Gasteiger partial charge in [-0.2, -0.15) is 0 Å². The fraction of sp³-hybridized carbons (Fsp3) is 0.500. The quantitative estimate of drug-likeness (QED) is 0.518. The molecule has 1 atom stereocenters. The maximum atomic E-state index is 14.6. The van der Waals surface area contributed by atoms with Crippen molar-refractivity contribution in [3.63, 3.8) is 0 Å². The van der Waals surface area contributed by atoms with Crippen LogP contribution in [0.5, 0.6) is 0 Å². The van der Waals surface area contributed by atoms with Gasteiger partial charge in [-0.15, -0.1) is 12.4 Å². The molecule has 2 fully saturated rings. The Balaban J connectivity index is 0.00000300. The van der Waals surface area contributed by atoms with Gasteiger partial charge in [-0.05, 0) is 31.4 Å². The van der Waals surface area contributed by atoms with E-state index >= 15 is 0 Å². The number of carbonyl (C=O) groups excluding carboxylic acids is 2. The second kappa shape index (κ2) is 8.91. The lowest BCUT2D eigenvalue weighted by atomic mass is 9.88. The van der Waals surface area contributed by atoms with E-state index in [1.54, 1.807) is 0 Å². The molecule has 0 aromatic heterocycles. The van der Waals surface area contributed by atoms with Crippen LogP contribution in [0, 0.1) is 11.6 Å². The van der Waals surface area contributed by atoms with Crippen molar-refractivity contribution in [3.05, 3.63) is 23.8 Å². The molecule has 2 heterocycles. The van der Waals surface area contributed by atoms with Gasteiger partial charge in [-0.1, -0.05) is 0 Å². The summed E-state index contributed by atoms with van der Waals surface area (Å²) >= 11 is 0. The number of rotatable bonds is 5. The van der Waals surface area contributed by atoms with Crippen molar-refractivity contribution < 1.29 is 33.4 Å². The number of nitrogens with one attached hydrogen (secondary N) is 2. The summed E-state index contributed by atoms with van der Waals surface area (Å²) in [6.45, 7) is 0.217. The summed E-state index contributed by atoms with van der Waals surface area (Å²) in [6, 6.07) is 1.38. The topological polar surface area (TPSA) is 119 Å². The van der Waals surface area contributed by atoms with Crippen molar-refractivity contribution >= 4 is 41.6 Å². The highest BCUT2D eigenvalue weighted by molar-refractivity contribution is 6.01.